The largest absolute Gasteiger partial charge is 0.345 e. The Hall–Kier alpha value is -0.0900. The minimum Gasteiger partial charge on any atom is -0.345 e. The third kappa shape index (κ3) is 1.89. The Morgan fingerprint density at radius 1 is 1.69 bits per heavy atom. The fourth-order valence-electron chi connectivity index (χ4n) is 1.29. The lowest BCUT2D eigenvalue weighted by atomic mass is 10.3. The molecule has 0 bridgehead atoms. The van der Waals surface area contributed by atoms with Crippen molar-refractivity contribution in [2.75, 3.05) is 12.5 Å². The molecule has 1 aromatic heterocycles. The van der Waals surface area contributed by atoms with Gasteiger partial charge in [0.05, 0.1) is 23.5 Å². The Kier molecular flexibility index (Phi) is 2.89. The van der Waals surface area contributed by atoms with Crippen molar-refractivity contribution in [2.24, 2.45) is 0 Å². The highest BCUT2D eigenvalue weighted by molar-refractivity contribution is 7.10. The number of rotatable bonds is 2. The molecular weight excluding hydrogens is 208 g/mol. The molecule has 0 N–H and O–H groups in total. The summed E-state index contributed by atoms with van der Waals surface area (Å²) in [5.41, 5.74) is 1.23. The van der Waals surface area contributed by atoms with Gasteiger partial charge in [-0.3, -0.25) is 0 Å². The van der Waals surface area contributed by atoms with Crippen molar-refractivity contribution in [2.45, 2.75) is 19.3 Å². The van der Waals surface area contributed by atoms with Gasteiger partial charge >= 0.3 is 0 Å². The van der Waals surface area contributed by atoms with Crippen LogP contribution in [0.15, 0.2) is 11.4 Å². The molecule has 1 fully saturated rings. The van der Waals surface area contributed by atoms with Gasteiger partial charge in [0.2, 0.25) is 0 Å². The molecular formula is C9H11ClO2S. The van der Waals surface area contributed by atoms with E-state index in [1.807, 2.05) is 5.38 Å². The summed E-state index contributed by atoms with van der Waals surface area (Å²) in [6.45, 7) is 2.66. The molecule has 2 heterocycles. The van der Waals surface area contributed by atoms with E-state index in [9.17, 15) is 0 Å². The second-order valence-corrected chi connectivity index (χ2v) is 4.30. The molecule has 72 valence electrons. The predicted molar refractivity (Wildman–Crippen MR) is 53.3 cm³/mol. The molecule has 0 unspecified atom stereocenters. The van der Waals surface area contributed by atoms with Gasteiger partial charge in [-0.15, -0.1) is 22.9 Å². The van der Waals surface area contributed by atoms with Gasteiger partial charge in [-0.25, -0.2) is 0 Å². The van der Waals surface area contributed by atoms with E-state index >= 15 is 0 Å². The van der Waals surface area contributed by atoms with Crippen LogP contribution in [0.2, 0.25) is 0 Å². The van der Waals surface area contributed by atoms with E-state index in [0.29, 0.717) is 12.5 Å². The zero-order valence-corrected chi connectivity index (χ0v) is 8.90. The van der Waals surface area contributed by atoms with E-state index in [0.717, 1.165) is 4.88 Å². The van der Waals surface area contributed by atoms with E-state index in [-0.39, 0.29) is 12.4 Å². The Bertz CT molecular complexity index is 287. The van der Waals surface area contributed by atoms with Crippen LogP contribution in [-0.2, 0) is 9.47 Å². The molecule has 2 atom stereocenters. The van der Waals surface area contributed by atoms with Crippen LogP contribution in [0.3, 0.4) is 0 Å². The van der Waals surface area contributed by atoms with Crippen LogP contribution < -0.4 is 0 Å². The van der Waals surface area contributed by atoms with Gasteiger partial charge in [0.15, 0.2) is 6.29 Å². The standard InChI is InChI=1S/C9H11ClO2S/c1-6-2-3-13-8(6)9-11-5-7(4-10)12-9/h2-3,7,9H,4-5H2,1H3/t7-,9-/m0/s1. The topological polar surface area (TPSA) is 18.5 Å². The van der Waals surface area contributed by atoms with Crippen LogP contribution in [0.1, 0.15) is 16.7 Å². The Labute approximate surface area is 86.4 Å². The van der Waals surface area contributed by atoms with Crippen molar-refractivity contribution in [1.82, 2.24) is 0 Å². The number of ether oxygens (including phenoxy) is 2. The third-order valence-corrected chi connectivity index (χ3v) is 3.42. The summed E-state index contributed by atoms with van der Waals surface area (Å²) in [6.07, 6.45) is -0.142. The molecule has 1 aliphatic heterocycles. The maximum Gasteiger partial charge on any atom is 0.193 e. The van der Waals surface area contributed by atoms with Crippen LogP contribution >= 0.6 is 22.9 Å². The zero-order chi connectivity index (χ0) is 9.26. The molecule has 13 heavy (non-hydrogen) atoms. The average Bonchev–Trinajstić information content (AvgIpc) is 2.71. The summed E-state index contributed by atoms with van der Waals surface area (Å²) in [7, 11) is 0. The first kappa shape index (κ1) is 9.46. The Morgan fingerprint density at radius 2 is 2.54 bits per heavy atom. The maximum atomic E-state index is 5.67. The molecule has 0 radical (unpaired) electrons. The molecule has 1 saturated heterocycles. The van der Waals surface area contributed by atoms with Crippen LogP contribution in [-0.4, -0.2) is 18.6 Å². The highest BCUT2D eigenvalue weighted by atomic mass is 35.5. The lowest BCUT2D eigenvalue weighted by molar-refractivity contribution is -0.0544. The fourth-order valence-corrected chi connectivity index (χ4v) is 2.36. The first-order chi connectivity index (χ1) is 6.31. The van der Waals surface area contributed by atoms with Crippen molar-refractivity contribution < 1.29 is 9.47 Å². The van der Waals surface area contributed by atoms with Gasteiger partial charge in [0.25, 0.3) is 0 Å². The van der Waals surface area contributed by atoms with Gasteiger partial charge in [0, 0.05) is 0 Å². The zero-order valence-electron chi connectivity index (χ0n) is 7.33. The van der Waals surface area contributed by atoms with Crippen molar-refractivity contribution in [3.8, 4) is 0 Å². The monoisotopic (exact) mass is 218 g/mol. The van der Waals surface area contributed by atoms with Crippen LogP contribution in [0.5, 0.6) is 0 Å². The fraction of sp³-hybridized carbons (Fsp3) is 0.556. The highest BCUT2D eigenvalue weighted by Gasteiger charge is 2.28. The summed E-state index contributed by atoms with van der Waals surface area (Å²) in [5, 5.41) is 2.05. The normalized spacial score (nSPS) is 28.2. The minimum absolute atomic E-state index is 0.0492. The molecule has 1 aliphatic rings. The van der Waals surface area contributed by atoms with Crippen molar-refractivity contribution >= 4 is 22.9 Å². The van der Waals surface area contributed by atoms with Gasteiger partial charge < -0.3 is 9.47 Å². The average molecular weight is 219 g/mol. The third-order valence-electron chi connectivity index (χ3n) is 2.04. The van der Waals surface area contributed by atoms with Crippen LogP contribution in [0.25, 0.3) is 0 Å². The molecule has 4 heteroatoms. The van der Waals surface area contributed by atoms with Crippen molar-refractivity contribution in [1.29, 1.82) is 0 Å². The molecule has 0 aliphatic carbocycles. The predicted octanol–water partition coefficient (Wildman–Crippen LogP) is 2.71. The highest BCUT2D eigenvalue weighted by Crippen LogP contribution is 2.32. The quantitative estimate of drug-likeness (QED) is 0.711. The SMILES string of the molecule is Cc1ccsc1[C@H]1OC[C@H](CCl)O1. The van der Waals surface area contributed by atoms with Crippen LogP contribution in [0, 0.1) is 6.92 Å². The van der Waals surface area contributed by atoms with Crippen molar-refractivity contribution in [3.63, 3.8) is 0 Å². The lowest BCUT2D eigenvalue weighted by Gasteiger charge is -2.08. The van der Waals surface area contributed by atoms with E-state index in [4.69, 9.17) is 21.1 Å². The molecule has 2 rings (SSSR count). The van der Waals surface area contributed by atoms with Crippen LogP contribution in [0.4, 0.5) is 0 Å². The molecule has 0 saturated carbocycles. The number of hydrogen-bond acceptors (Lipinski definition) is 3. The summed E-state index contributed by atoms with van der Waals surface area (Å²) in [6, 6.07) is 2.07. The molecule has 1 aromatic rings. The number of thiophene rings is 1. The Balaban J connectivity index is 2.08. The van der Waals surface area contributed by atoms with E-state index < -0.39 is 0 Å². The maximum absolute atomic E-state index is 5.67. The number of halogens is 1. The summed E-state index contributed by atoms with van der Waals surface area (Å²) in [5.74, 6) is 0.501. The summed E-state index contributed by atoms with van der Waals surface area (Å²) >= 11 is 7.34. The summed E-state index contributed by atoms with van der Waals surface area (Å²) in [4.78, 5) is 1.16. The number of aryl methyl sites for hydroxylation is 1. The van der Waals surface area contributed by atoms with Gasteiger partial charge in [-0.1, -0.05) is 0 Å². The van der Waals surface area contributed by atoms with E-state index in [1.165, 1.54) is 5.56 Å². The molecule has 0 amide bonds. The first-order valence-corrected chi connectivity index (χ1v) is 5.59. The van der Waals surface area contributed by atoms with Gasteiger partial charge in [0.1, 0.15) is 0 Å². The molecule has 0 aromatic carbocycles. The number of hydrogen-bond donors (Lipinski definition) is 0. The second-order valence-electron chi connectivity index (χ2n) is 3.05. The lowest BCUT2D eigenvalue weighted by Crippen LogP contribution is -2.10. The van der Waals surface area contributed by atoms with E-state index in [1.54, 1.807) is 11.3 Å². The van der Waals surface area contributed by atoms with Gasteiger partial charge in [-0.2, -0.15) is 0 Å². The minimum atomic E-state index is -0.191. The smallest absolute Gasteiger partial charge is 0.193 e. The second kappa shape index (κ2) is 3.96. The Morgan fingerprint density at radius 3 is 3.08 bits per heavy atom. The summed E-state index contributed by atoms with van der Waals surface area (Å²) < 4.78 is 11.1. The molecule has 0 spiro atoms. The molecule has 2 nitrogen and oxygen atoms in total. The number of alkyl halides is 1. The van der Waals surface area contributed by atoms with Gasteiger partial charge in [-0.05, 0) is 23.9 Å². The van der Waals surface area contributed by atoms with E-state index in [2.05, 4.69) is 13.0 Å². The van der Waals surface area contributed by atoms with Crippen molar-refractivity contribution in [3.05, 3.63) is 21.9 Å². The first-order valence-electron chi connectivity index (χ1n) is 4.18.